The van der Waals surface area contributed by atoms with Crippen molar-refractivity contribution in [2.45, 2.75) is 57.4 Å². The summed E-state index contributed by atoms with van der Waals surface area (Å²) in [5.74, 6) is 0.0652. The standard InChI is InChI=1S/C22H25FN8O/c1-21(2)9-17(19(23)22(3,4)29-21)31-20-16(27-30-31)8-15(26-28-20)14-6-5-12(7-18(14)32)13-10-24-25-11-13/h5-8,10-11,17,19,29,32H,9H2,1-4H3,(H,24,25)/t17-,19-/m1/s1. The summed E-state index contributed by atoms with van der Waals surface area (Å²) in [6.45, 7) is 7.80. The summed E-state index contributed by atoms with van der Waals surface area (Å²) in [5, 5.41) is 37.7. The van der Waals surface area contributed by atoms with E-state index in [-0.39, 0.29) is 11.3 Å². The van der Waals surface area contributed by atoms with Crippen molar-refractivity contribution >= 4 is 11.2 Å². The highest BCUT2D eigenvalue weighted by molar-refractivity contribution is 5.79. The molecule has 4 heterocycles. The maximum Gasteiger partial charge on any atom is 0.201 e. The highest BCUT2D eigenvalue weighted by Gasteiger charge is 2.48. The molecule has 1 saturated heterocycles. The van der Waals surface area contributed by atoms with Crippen molar-refractivity contribution in [1.29, 1.82) is 0 Å². The van der Waals surface area contributed by atoms with Crippen LogP contribution < -0.4 is 5.32 Å². The van der Waals surface area contributed by atoms with Crippen LogP contribution in [0.15, 0.2) is 36.7 Å². The maximum absolute atomic E-state index is 15.4. The van der Waals surface area contributed by atoms with Crippen LogP contribution in [0.1, 0.15) is 40.2 Å². The highest BCUT2D eigenvalue weighted by Crippen LogP contribution is 2.39. The van der Waals surface area contributed by atoms with E-state index in [4.69, 9.17) is 0 Å². The number of nitrogens with one attached hydrogen (secondary N) is 2. The van der Waals surface area contributed by atoms with Crippen LogP contribution in [0.4, 0.5) is 4.39 Å². The third-order valence-corrected chi connectivity index (χ3v) is 6.05. The normalized spacial score (nSPS) is 22.3. The van der Waals surface area contributed by atoms with Gasteiger partial charge in [0.15, 0.2) is 0 Å². The Morgan fingerprint density at radius 3 is 2.62 bits per heavy atom. The minimum absolute atomic E-state index is 0.0652. The summed E-state index contributed by atoms with van der Waals surface area (Å²) < 4.78 is 16.9. The topological polar surface area (TPSA) is 117 Å². The number of hydrogen-bond donors (Lipinski definition) is 3. The Balaban J connectivity index is 1.51. The molecule has 0 saturated carbocycles. The average Bonchev–Trinajstić information content (AvgIpc) is 3.39. The Morgan fingerprint density at radius 2 is 1.91 bits per heavy atom. The molecule has 1 aliphatic rings. The molecule has 3 N–H and O–H groups in total. The number of aromatic hydroxyl groups is 1. The van der Waals surface area contributed by atoms with E-state index < -0.39 is 17.8 Å². The van der Waals surface area contributed by atoms with Crippen molar-refractivity contribution in [2.75, 3.05) is 0 Å². The first-order valence-corrected chi connectivity index (χ1v) is 10.5. The van der Waals surface area contributed by atoms with Gasteiger partial charge in [0.2, 0.25) is 5.65 Å². The molecule has 1 fully saturated rings. The number of H-pyrrole nitrogens is 1. The highest BCUT2D eigenvalue weighted by atomic mass is 19.1. The zero-order valence-corrected chi connectivity index (χ0v) is 18.3. The van der Waals surface area contributed by atoms with E-state index in [1.807, 2.05) is 33.8 Å². The molecule has 3 aromatic heterocycles. The van der Waals surface area contributed by atoms with Gasteiger partial charge in [0, 0.05) is 28.4 Å². The van der Waals surface area contributed by atoms with Crippen molar-refractivity contribution in [1.82, 2.24) is 40.7 Å². The van der Waals surface area contributed by atoms with Gasteiger partial charge in [0.1, 0.15) is 17.4 Å². The van der Waals surface area contributed by atoms with Crippen molar-refractivity contribution in [3.63, 3.8) is 0 Å². The van der Waals surface area contributed by atoms with Gasteiger partial charge in [-0.25, -0.2) is 9.07 Å². The number of aromatic amines is 1. The number of aromatic nitrogens is 7. The molecule has 32 heavy (non-hydrogen) atoms. The first-order chi connectivity index (χ1) is 15.1. The van der Waals surface area contributed by atoms with Crippen LogP contribution in [0.2, 0.25) is 0 Å². The molecule has 5 rings (SSSR count). The number of phenolic OH excluding ortho intramolecular Hbond substituents is 1. The number of halogens is 1. The quantitative estimate of drug-likeness (QED) is 0.450. The molecule has 1 aromatic carbocycles. The number of fused-ring (bicyclic) bond motifs is 1. The fraction of sp³-hybridized carbons (Fsp3) is 0.409. The van der Waals surface area contributed by atoms with E-state index in [0.717, 1.165) is 11.1 Å². The summed E-state index contributed by atoms with van der Waals surface area (Å²) in [5.41, 5.74) is 2.59. The lowest BCUT2D eigenvalue weighted by atomic mass is 9.78. The summed E-state index contributed by atoms with van der Waals surface area (Å²) in [4.78, 5) is 0. The molecule has 2 atom stereocenters. The molecule has 0 aliphatic carbocycles. The van der Waals surface area contributed by atoms with Crippen LogP contribution in [-0.4, -0.2) is 57.7 Å². The van der Waals surface area contributed by atoms with E-state index in [1.165, 1.54) is 0 Å². The first-order valence-electron chi connectivity index (χ1n) is 10.5. The second-order valence-corrected chi connectivity index (χ2v) is 9.60. The Kier molecular flexibility index (Phi) is 4.52. The predicted octanol–water partition coefficient (Wildman–Crippen LogP) is 3.41. The molecule has 10 heteroatoms. The van der Waals surface area contributed by atoms with Gasteiger partial charge in [-0.2, -0.15) is 5.10 Å². The van der Waals surface area contributed by atoms with Crippen molar-refractivity contribution in [3.8, 4) is 28.1 Å². The molecule has 0 amide bonds. The van der Waals surface area contributed by atoms with Gasteiger partial charge in [0.05, 0.1) is 17.9 Å². The molecule has 166 valence electrons. The lowest BCUT2D eigenvalue weighted by Gasteiger charge is -2.48. The minimum Gasteiger partial charge on any atom is -0.507 e. The van der Waals surface area contributed by atoms with E-state index in [1.54, 1.807) is 35.3 Å². The van der Waals surface area contributed by atoms with Gasteiger partial charge in [-0.05, 0) is 57.9 Å². The van der Waals surface area contributed by atoms with Crippen molar-refractivity contribution < 1.29 is 9.50 Å². The Bertz CT molecular complexity index is 1280. The van der Waals surface area contributed by atoms with E-state index >= 15 is 4.39 Å². The minimum atomic E-state index is -1.18. The van der Waals surface area contributed by atoms with Gasteiger partial charge < -0.3 is 10.4 Å². The molecular formula is C22H25FN8O. The summed E-state index contributed by atoms with van der Waals surface area (Å²) in [6.07, 6.45) is 2.79. The second kappa shape index (κ2) is 7.06. The largest absolute Gasteiger partial charge is 0.507 e. The van der Waals surface area contributed by atoms with E-state index in [9.17, 15) is 5.11 Å². The lowest BCUT2D eigenvalue weighted by Crippen LogP contribution is -2.64. The Morgan fingerprint density at radius 1 is 1.09 bits per heavy atom. The third kappa shape index (κ3) is 3.40. The summed E-state index contributed by atoms with van der Waals surface area (Å²) in [7, 11) is 0. The average molecular weight is 436 g/mol. The molecule has 0 radical (unpaired) electrons. The fourth-order valence-corrected chi connectivity index (χ4v) is 4.75. The first kappa shape index (κ1) is 20.5. The summed E-state index contributed by atoms with van der Waals surface area (Å²) >= 11 is 0. The number of alkyl halides is 1. The number of piperidine rings is 1. The van der Waals surface area contributed by atoms with Gasteiger partial charge in [0.25, 0.3) is 0 Å². The SMILES string of the molecule is CC1(C)C[C@@H](n2nnc3cc(-c4ccc(-c5cn[nH]c5)cc4O)nnc32)[C@@H](F)C(C)(C)N1. The number of benzene rings is 1. The van der Waals surface area contributed by atoms with Crippen LogP contribution in [0.25, 0.3) is 33.5 Å². The van der Waals surface area contributed by atoms with E-state index in [2.05, 4.69) is 36.0 Å². The molecule has 9 nitrogen and oxygen atoms in total. The number of hydrogen-bond acceptors (Lipinski definition) is 7. The molecule has 0 unspecified atom stereocenters. The van der Waals surface area contributed by atoms with E-state index in [0.29, 0.717) is 28.8 Å². The van der Waals surface area contributed by atoms with Crippen LogP contribution >= 0.6 is 0 Å². The second-order valence-electron chi connectivity index (χ2n) is 9.60. The Labute approximate surface area is 184 Å². The van der Waals surface area contributed by atoms with Crippen LogP contribution in [0.3, 0.4) is 0 Å². The lowest BCUT2D eigenvalue weighted by molar-refractivity contribution is 0.0257. The molecular weight excluding hydrogens is 411 g/mol. The van der Waals surface area contributed by atoms with Crippen molar-refractivity contribution in [3.05, 3.63) is 36.7 Å². The Hall–Kier alpha value is -3.40. The third-order valence-electron chi connectivity index (χ3n) is 6.05. The zero-order valence-electron chi connectivity index (χ0n) is 18.3. The molecule has 1 aliphatic heterocycles. The maximum atomic E-state index is 15.4. The molecule has 0 spiro atoms. The van der Waals surface area contributed by atoms with Crippen LogP contribution in [0, 0.1) is 0 Å². The number of rotatable bonds is 3. The van der Waals surface area contributed by atoms with Gasteiger partial charge in [-0.1, -0.05) is 11.3 Å². The fourth-order valence-electron chi connectivity index (χ4n) is 4.75. The molecule has 0 bridgehead atoms. The van der Waals surface area contributed by atoms with Gasteiger partial charge >= 0.3 is 0 Å². The predicted molar refractivity (Wildman–Crippen MR) is 118 cm³/mol. The number of nitrogens with zero attached hydrogens (tertiary/aromatic N) is 6. The van der Waals surface area contributed by atoms with Gasteiger partial charge in [-0.15, -0.1) is 15.3 Å². The monoisotopic (exact) mass is 436 g/mol. The molecule has 4 aromatic rings. The van der Waals surface area contributed by atoms with Gasteiger partial charge in [-0.3, -0.25) is 5.10 Å². The van der Waals surface area contributed by atoms with Crippen LogP contribution in [-0.2, 0) is 0 Å². The summed E-state index contributed by atoms with van der Waals surface area (Å²) in [6, 6.07) is 6.48. The van der Waals surface area contributed by atoms with Crippen LogP contribution in [0.5, 0.6) is 5.75 Å². The zero-order chi connectivity index (χ0) is 22.7. The number of phenols is 1. The smallest absolute Gasteiger partial charge is 0.201 e. The van der Waals surface area contributed by atoms with Crippen molar-refractivity contribution in [2.24, 2.45) is 0 Å².